The van der Waals surface area contributed by atoms with Crippen LogP contribution in [0.25, 0.3) is 0 Å². The van der Waals surface area contributed by atoms with Gasteiger partial charge in [-0.15, -0.1) is 0 Å². The molecule has 0 aromatic heterocycles. The van der Waals surface area contributed by atoms with Gasteiger partial charge in [-0.2, -0.15) is 0 Å². The lowest BCUT2D eigenvalue weighted by atomic mass is 9.77. The second-order valence-electron chi connectivity index (χ2n) is 8.45. The fourth-order valence-corrected chi connectivity index (χ4v) is 4.25. The molecule has 1 heterocycles. The predicted molar refractivity (Wildman–Crippen MR) is 110 cm³/mol. The van der Waals surface area contributed by atoms with E-state index in [0.29, 0.717) is 19.4 Å². The van der Waals surface area contributed by atoms with Crippen molar-refractivity contribution in [3.63, 3.8) is 0 Å². The number of benzene rings is 1. The largest absolute Gasteiger partial charge is 0.459 e. The first kappa shape index (κ1) is 21.9. The zero-order valence-electron chi connectivity index (χ0n) is 17.3. The van der Waals surface area contributed by atoms with Gasteiger partial charge in [0, 0.05) is 42.6 Å². The van der Waals surface area contributed by atoms with E-state index in [1.165, 1.54) is 12.2 Å². The van der Waals surface area contributed by atoms with E-state index in [1.54, 1.807) is 0 Å². The van der Waals surface area contributed by atoms with Gasteiger partial charge in [0.1, 0.15) is 12.2 Å². The number of ether oxygens (including phenoxy) is 2. The van der Waals surface area contributed by atoms with Crippen LogP contribution in [-0.2, 0) is 19.1 Å². The summed E-state index contributed by atoms with van der Waals surface area (Å²) in [6.07, 6.45) is 3.16. The highest BCUT2D eigenvalue weighted by molar-refractivity contribution is 5.81. The van der Waals surface area contributed by atoms with Crippen LogP contribution in [0.1, 0.15) is 52.2 Å². The van der Waals surface area contributed by atoms with Crippen LogP contribution in [0.2, 0.25) is 0 Å². The van der Waals surface area contributed by atoms with Gasteiger partial charge in [0.25, 0.3) is 0 Å². The quantitative estimate of drug-likeness (QED) is 0.520. The highest BCUT2D eigenvalue weighted by Crippen LogP contribution is 2.41. The van der Waals surface area contributed by atoms with E-state index in [1.807, 2.05) is 30.3 Å². The molecule has 0 aliphatic carbocycles. The normalized spacial score (nSPS) is 20.0. The van der Waals surface area contributed by atoms with Crippen LogP contribution in [0, 0.1) is 0 Å². The highest BCUT2D eigenvalue weighted by Gasteiger charge is 2.47. The predicted octanol–water partition coefficient (Wildman–Crippen LogP) is 4.21. The monoisotopic (exact) mass is 385 g/mol. The Morgan fingerprint density at radius 3 is 2.11 bits per heavy atom. The van der Waals surface area contributed by atoms with E-state index >= 15 is 0 Å². The second kappa shape index (κ2) is 8.74. The minimum atomic E-state index is -0.445. The first-order valence-electron chi connectivity index (χ1n) is 9.58. The summed E-state index contributed by atoms with van der Waals surface area (Å²) in [6.45, 7) is 16.0. The zero-order valence-corrected chi connectivity index (χ0v) is 17.3. The summed E-state index contributed by atoms with van der Waals surface area (Å²) >= 11 is 0. The summed E-state index contributed by atoms with van der Waals surface area (Å²) < 4.78 is 11.2. The molecule has 0 amide bonds. The number of rotatable bonds is 7. The third-order valence-corrected chi connectivity index (χ3v) is 5.31. The number of nitrogens with zero attached hydrogens (tertiary/aromatic N) is 1. The number of hydrogen-bond donors (Lipinski definition) is 0. The maximum absolute atomic E-state index is 11.9. The maximum Gasteiger partial charge on any atom is 0.330 e. The van der Waals surface area contributed by atoms with E-state index in [2.05, 4.69) is 45.8 Å². The minimum absolute atomic E-state index is 0.183. The lowest BCUT2D eigenvalue weighted by Gasteiger charge is -2.55. The zero-order chi connectivity index (χ0) is 20.9. The summed E-state index contributed by atoms with van der Waals surface area (Å²) in [4.78, 5) is 26.0. The third kappa shape index (κ3) is 5.32. The van der Waals surface area contributed by atoms with Crippen molar-refractivity contribution in [1.82, 2.24) is 4.90 Å². The van der Waals surface area contributed by atoms with E-state index in [-0.39, 0.29) is 17.2 Å². The Balaban J connectivity index is 2.27. The van der Waals surface area contributed by atoms with Crippen molar-refractivity contribution in [2.24, 2.45) is 0 Å². The van der Waals surface area contributed by atoms with Gasteiger partial charge in [0.05, 0.1) is 0 Å². The molecule has 1 atom stereocenters. The van der Waals surface area contributed by atoms with Crippen LogP contribution in [0.15, 0.2) is 55.6 Å². The molecule has 152 valence electrons. The molecule has 1 aromatic carbocycles. The van der Waals surface area contributed by atoms with E-state index in [9.17, 15) is 9.59 Å². The first-order valence-corrected chi connectivity index (χ1v) is 9.58. The van der Waals surface area contributed by atoms with Crippen molar-refractivity contribution < 1.29 is 19.1 Å². The van der Waals surface area contributed by atoms with Gasteiger partial charge < -0.3 is 9.47 Å². The van der Waals surface area contributed by atoms with E-state index < -0.39 is 18.0 Å². The van der Waals surface area contributed by atoms with Gasteiger partial charge >= 0.3 is 11.9 Å². The Labute approximate surface area is 168 Å². The van der Waals surface area contributed by atoms with E-state index in [0.717, 1.165) is 5.56 Å². The standard InChI is InChI=1S/C23H31NO4/c1-7-20(25)27-18-14-22(3,4)24(23(5,6)15-18)16-19(28-21(26)8-2)17-12-10-9-11-13-17/h7-13,18-19H,1-2,14-16H2,3-6H3. The molecule has 1 saturated heterocycles. The molecular weight excluding hydrogens is 354 g/mol. The average Bonchev–Trinajstić information content (AvgIpc) is 2.63. The van der Waals surface area contributed by atoms with Crippen LogP contribution in [-0.4, -0.2) is 40.6 Å². The summed E-state index contributed by atoms with van der Waals surface area (Å²) in [7, 11) is 0. The van der Waals surface area contributed by atoms with Crippen LogP contribution >= 0.6 is 0 Å². The third-order valence-electron chi connectivity index (χ3n) is 5.31. The summed E-state index contributed by atoms with van der Waals surface area (Å²) in [6, 6.07) is 9.71. The number of piperidine rings is 1. The molecule has 1 aromatic rings. The smallest absolute Gasteiger partial charge is 0.330 e. The Hall–Kier alpha value is -2.40. The number of carbonyl (C=O) groups excluding carboxylic acids is 2. The van der Waals surface area contributed by atoms with E-state index in [4.69, 9.17) is 9.47 Å². The molecule has 1 fully saturated rings. The molecule has 5 heteroatoms. The molecular formula is C23H31NO4. The SMILES string of the molecule is C=CC(=O)OC1CC(C)(C)N(CC(OC(=O)C=C)c2ccccc2)C(C)(C)C1. The van der Waals surface area contributed by atoms with Gasteiger partial charge in [0.2, 0.25) is 0 Å². The fourth-order valence-electron chi connectivity index (χ4n) is 4.25. The number of esters is 2. The van der Waals surface area contributed by atoms with Crippen molar-refractivity contribution in [1.29, 1.82) is 0 Å². The van der Waals surface area contributed by atoms with Crippen molar-refractivity contribution in [3.05, 3.63) is 61.2 Å². The topological polar surface area (TPSA) is 55.8 Å². The van der Waals surface area contributed by atoms with Crippen molar-refractivity contribution in [3.8, 4) is 0 Å². The number of hydrogen-bond acceptors (Lipinski definition) is 5. The maximum atomic E-state index is 11.9. The molecule has 2 rings (SSSR count). The molecule has 1 aliphatic heterocycles. The number of carbonyl (C=O) groups is 2. The molecule has 0 radical (unpaired) electrons. The molecule has 0 N–H and O–H groups in total. The lowest BCUT2D eigenvalue weighted by Crippen LogP contribution is -2.63. The summed E-state index contributed by atoms with van der Waals surface area (Å²) in [5.41, 5.74) is 0.410. The lowest BCUT2D eigenvalue weighted by molar-refractivity contribution is -0.161. The summed E-state index contributed by atoms with van der Waals surface area (Å²) in [5, 5.41) is 0. The molecule has 0 spiro atoms. The molecule has 5 nitrogen and oxygen atoms in total. The van der Waals surface area contributed by atoms with Crippen molar-refractivity contribution in [2.75, 3.05) is 6.54 Å². The van der Waals surface area contributed by atoms with Gasteiger partial charge in [-0.25, -0.2) is 9.59 Å². The van der Waals surface area contributed by atoms with Crippen LogP contribution in [0.5, 0.6) is 0 Å². The molecule has 0 saturated carbocycles. The van der Waals surface area contributed by atoms with Gasteiger partial charge in [0.15, 0.2) is 0 Å². The fraction of sp³-hybridized carbons (Fsp3) is 0.478. The Kier molecular flexibility index (Phi) is 6.83. The molecule has 1 unspecified atom stereocenters. The van der Waals surface area contributed by atoms with Crippen LogP contribution in [0.3, 0.4) is 0 Å². The van der Waals surface area contributed by atoms with Gasteiger partial charge in [-0.05, 0) is 33.3 Å². The second-order valence-corrected chi connectivity index (χ2v) is 8.45. The Morgan fingerprint density at radius 2 is 1.61 bits per heavy atom. The van der Waals surface area contributed by atoms with Crippen molar-refractivity contribution in [2.45, 2.75) is 63.8 Å². The summed E-state index contributed by atoms with van der Waals surface area (Å²) in [5.74, 6) is -0.841. The molecule has 28 heavy (non-hydrogen) atoms. The van der Waals surface area contributed by atoms with Gasteiger partial charge in [-0.3, -0.25) is 4.90 Å². The minimum Gasteiger partial charge on any atom is -0.459 e. The van der Waals surface area contributed by atoms with Gasteiger partial charge in [-0.1, -0.05) is 43.5 Å². The number of likely N-dealkylation sites (tertiary alicyclic amines) is 1. The van der Waals surface area contributed by atoms with Crippen LogP contribution in [0.4, 0.5) is 0 Å². The van der Waals surface area contributed by atoms with Crippen molar-refractivity contribution >= 4 is 11.9 Å². The Bertz CT molecular complexity index is 705. The highest BCUT2D eigenvalue weighted by atomic mass is 16.5. The molecule has 0 bridgehead atoms. The molecule has 1 aliphatic rings. The Morgan fingerprint density at radius 1 is 1.07 bits per heavy atom. The van der Waals surface area contributed by atoms with Crippen LogP contribution < -0.4 is 0 Å². The average molecular weight is 386 g/mol. The first-order chi connectivity index (χ1) is 13.1.